The lowest BCUT2D eigenvalue weighted by Gasteiger charge is -2.29. The molecule has 0 saturated heterocycles. The number of benzene rings is 3. The first kappa shape index (κ1) is 29.2. The van der Waals surface area contributed by atoms with Crippen LogP contribution in [0, 0.1) is 0 Å². The molecular formula is C35H36F3N3O2. The molecule has 0 spiro atoms. The highest BCUT2D eigenvalue weighted by Crippen LogP contribution is 2.50. The Labute approximate surface area is 250 Å². The van der Waals surface area contributed by atoms with E-state index in [4.69, 9.17) is 4.99 Å². The van der Waals surface area contributed by atoms with Gasteiger partial charge in [-0.25, -0.2) is 0 Å². The normalized spacial score (nSPS) is 18.9. The molecule has 1 amide bonds. The maximum Gasteiger partial charge on any atom is 0.416 e. The molecule has 0 bridgehead atoms. The number of aliphatic hydroxyl groups is 1. The van der Waals surface area contributed by atoms with Crippen molar-refractivity contribution in [2.45, 2.75) is 63.1 Å². The smallest absolute Gasteiger partial charge is 0.378 e. The Bertz CT molecular complexity index is 1600. The van der Waals surface area contributed by atoms with E-state index in [2.05, 4.69) is 43.4 Å². The Kier molecular flexibility index (Phi) is 7.67. The standard InChI is InChI=1S/C35H36F3N3O2/c1-22(2)23-7-4-11-28(18-23)34(14-15-34)33-39-20-27-21-41(16-6-13-30(27)40-33)32(43)31(42)26-10-3-8-24(17-26)25-9-5-12-29(19-25)35(36,37)38/h3-5,7-12,17-19,22,31,42H,6,13-16,20-21H2,1-2H3,(H,39,40). The van der Waals surface area contributed by atoms with Crippen LogP contribution in [0.4, 0.5) is 13.2 Å². The molecule has 1 fully saturated rings. The van der Waals surface area contributed by atoms with E-state index in [0.29, 0.717) is 42.2 Å². The van der Waals surface area contributed by atoms with Gasteiger partial charge in [-0.1, -0.05) is 68.4 Å². The maximum absolute atomic E-state index is 13.5. The number of amidine groups is 1. The number of aliphatic hydroxyl groups excluding tert-OH is 1. The minimum absolute atomic E-state index is 0.0773. The number of rotatable bonds is 6. The summed E-state index contributed by atoms with van der Waals surface area (Å²) >= 11 is 0. The average Bonchev–Trinajstić information content (AvgIpc) is 3.84. The predicted octanol–water partition coefficient (Wildman–Crippen LogP) is 7.14. The summed E-state index contributed by atoms with van der Waals surface area (Å²) < 4.78 is 39.7. The first-order valence-electron chi connectivity index (χ1n) is 14.9. The van der Waals surface area contributed by atoms with Gasteiger partial charge < -0.3 is 15.3 Å². The number of carbonyl (C=O) groups excluding carboxylic acids is 1. The first-order chi connectivity index (χ1) is 20.5. The molecular weight excluding hydrogens is 551 g/mol. The van der Waals surface area contributed by atoms with Crippen LogP contribution in [-0.4, -0.2) is 41.4 Å². The summed E-state index contributed by atoms with van der Waals surface area (Å²) in [5, 5.41) is 14.8. The van der Waals surface area contributed by atoms with Crippen molar-refractivity contribution in [3.8, 4) is 11.1 Å². The number of halogens is 3. The second-order valence-corrected chi connectivity index (χ2v) is 12.2. The molecule has 3 aliphatic rings. The summed E-state index contributed by atoms with van der Waals surface area (Å²) in [7, 11) is 0. The number of allylic oxidation sites excluding steroid dienone is 1. The molecule has 2 heterocycles. The molecule has 1 atom stereocenters. The maximum atomic E-state index is 13.5. The van der Waals surface area contributed by atoms with Gasteiger partial charge in [-0.15, -0.1) is 0 Å². The third kappa shape index (κ3) is 5.85. The minimum Gasteiger partial charge on any atom is -0.378 e. The molecule has 1 unspecified atom stereocenters. The molecule has 8 heteroatoms. The van der Waals surface area contributed by atoms with Crippen LogP contribution in [0.5, 0.6) is 0 Å². The van der Waals surface area contributed by atoms with Crippen LogP contribution < -0.4 is 5.32 Å². The number of amides is 1. The number of hydrogen-bond acceptors (Lipinski definition) is 4. The van der Waals surface area contributed by atoms with Crippen molar-refractivity contribution in [1.29, 1.82) is 0 Å². The van der Waals surface area contributed by atoms with Crippen molar-refractivity contribution in [1.82, 2.24) is 10.2 Å². The Morgan fingerprint density at radius 2 is 1.67 bits per heavy atom. The summed E-state index contributed by atoms with van der Waals surface area (Å²) in [6.45, 7) is 5.78. The second-order valence-electron chi connectivity index (χ2n) is 12.2. The van der Waals surface area contributed by atoms with E-state index in [9.17, 15) is 23.1 Å². The van der Waals surface area contributed by atoms with E-state index in [1.54, 1.807) is 35.2 Å². The van der Waals surface area contributed by atoms with Gasteiger partial charge in [0.25, 0.3) is 5.91 Å². The molecule has 6 rings (SSSR count). The number of alkyl halides is 3. The van der Waals surface area contributed by atoms with Crippen LogP contribution in [0.3, 0.4) is 0 Å². The van der Waals surface area contributed by atoms with Crippen LogP contribution in [0.25, 0.3) is 11.1 Å². The number of nitrogens with zero attached hydrogens (tertiary/aromatic N) is 2. The van der Waals surface area contributed by atoms with Gasteiger partial charge in [0, 0.05) is 18.8 Å². The molecule has 0 radical (unpaired) electrons. The summed E-state index contributed by atoms with van der Waals surface area (Å²) in [6.07, 6.45) is -2.23. The van der Waals surface area contributed by atoms with Gasteiger partial charge in [0.05, 0.1) is 17.5 Å². The fraction of sp³-hybridized carbons (Fsp3) is 0.371. The van der Waals surface area contributed by atoms with E-state index in [1.807, 2.05) is 0 Å². The number of nitrogens with one attached hydrogen (secondary N) is 1. The summed E-state index contributed by atoms with van der Waals surface area (Å²) in [4.78, 5) is 20.2. The largest absolute Gasteiger partial charge is 0.416 e. The highest BCUT2D eigenvalue weighted by molar-refractivity contribution is 5.98. The summed E-state index contributed by atoms with van der Waals surface area (Å²) in [5.41, 5.74) is 5.18. The molecule has 43 heavy (non-hydrogen) atoms. The molecule has 0 aromatic heterocycles. The zero-order valence-corrected chi connectivity index (χ0v) is 24.4. The Hall–Kier alpha value is -3.91. The number of carbonyl (C=O) groups is 1. The Balaban J connectivity index is 1.16. The number of hydrogen-bond donors (Lipinski definition) is 2. The van der Waals surface area contributed by atoms with Crippen molar-refractivity contribution in [2.24, 2.45) is 4.99 Å². The van der Waals surface area contributed by atoms with Crippen LogP contribution in [-0.2, 0) is 16.4 Å². The van der Waals surface area contributed by atoms with Gasteiger partial charge in [0.15, 0.2) is 6.10 Å². The SMILES string of the molecule is CC(C)c1cccc(C2(C3=NCC4=C(CCCN(C(=O)C(O)c5cccc(-c6cccc(C(F)(F)F)c6)c5)C4)N3)CC2)c1. The topological polar surface area (TPSA) is 64.9 Å². The van der Waals surface area contributed by atoms with E-state index in [-0.39, 0.29) is 5.41 Å². The lowest BCUT2D eigenvalue weighted by molar-refractivity contribution is -0.140. The molecule has 3 aromatic carbocycles. The third-order valence-electron chi connectivity index (χ3n) is 8.94. The first-order valence-corrected chi connectivity index (χ1v) is 14.9. The molecule has 1 saturated carbocycles. The van der Waals surface area contributed by atoms with E-state index in [1.165, 1.54) is 17.2 Å². The summed E-state index contributed by atoms with van der Waals surface area (Å²) in [5.74, 6) is 1.04. The van der Waals surface area contributed by atoms with Crippen molar-refractivity contribution >= 4 is 11.7 Å². The lowest BCUT2D eigenvalue weighted by atomic mass is 9.89. The highest BCUT2D eigenvalue weighted by atomic mass is 19.4. The predicted molar refractivity (Wildman–Crippen MR) is 162 cm³/mol. The van der Waals surface area contributed by atoms with Gasteiger partial charge in [0.1, 0.15) is 5.84 Å². The quantitative estimate of drug-likeness (QED) is 0.322. The average molecular weight is 588 g/mol. The second kappa shape index (κ2) is 11.3. The van der Waals surface area contributed by atoms with Gasteiger partial charge in [0.2, 0.25) is 0 Å². The molecule has 3 aromatic rings. The van der Waals surface area contributed by atoms with Crippen molar-refractivity contribution in [2.75, 3.05) is 19.6 Å². The highest BCUT2D eigenvalue weighted by Gasteiger charge is 2.50. The van der Waals surface area contributed by atoms with E-state index < -0.39 is 23.8 Å². The fourth-order valence-electron chi connectivity index (χ4n) is 6.20. The molecule has 2 aliphatic heterocycles. The zero-order valence-electron chi connectivity index (χ0n) is 24.4. The molecule has 1 aliphatic carbocycles. The monoisotopic (exact) mass is 587 g/mol. The van der Waals surface area contributed by atoms with Gasteiger partial charge in [-0.05, 0) is 83.2 Å². The van der Waals surface area contributed by atoms with Crippen LogP contribution in [0.1, 0.15) is 73.8 Å². The zero-order chi connectivity index (χ0) is 30.4. The van der Waals surface area contributed by atoms with E-state index >= 15 is 0 Å². The third-order valence-corrected chi connectivity index (χ3v) is 8.94. The van der Waals surface area contributed by atoms with Gasteiger partial charge >= 0.3 is 6.18 Å². The molecule has 224 valence electrons. The molecule has 5 nitrogen and oxygen atoms in total. The summed E-state index contributed by atoms with van der Waals surface area (Å²) in [6, 6.07) is 20.4. The van der Waals surface area contributed by atoms with Crippen LogP contribution in [0.2, 0.25) is 0 Å². The van der Waals surface area contributed by atoms with E-state index in [0.717, 1.165) is 54.9 Å². The van der Waals surface area contributed by atoms with Gasteiger partial charge in [-0.2, -0.15) is 13.2 Å². The van der Waals surface area contributed by atoms with Crippen molar-refractivity contribution < 1.29 is 23.1 Å². The van der Waals surface area contributed by atoms with Crippen LogP contribution in [0.15, 0.2) is 89.1 Å². The lowest BCUT2D eigenvalue weighted by Crippen LogP contribution is -2.40. The minimum atomic E-state index is -4.46. The van der Waals surface area contributed by atoms with Crippen LogP contribution >= 0.6 is 0 Å². The van der Waals surface area contributed by atoms with Gasteiger partial charge in [-0.3, -0.25) is 9.79 Å². The number of aliphatic imine (C=N–C) groups is 1. The molecule has 2 N–H and O–H groups in total. The van der Waals surface area contributed by atoms with Crippen molar-refractivity contribution in [3.63, 3.8) is 0 Å². The Morgan fingerprint density at radius 1 is 0.977 bits per heavy atom. The fourth-order valence-corrected chi connectivity index (χ4v) is 6.20. The van der Waals surface area contributed by atoms with Crippen molar-refractivity contribution in [3.05, 3.63) is 106 Å². The Morgan fingerprint density at radius 3 is 2.40 bits per heavy atom.